The average molecular weight is 605 g/mol. The SMILES string of the molecule is COc1cc(OC)c(Cl)c(-c2cc3cnc(N[C@@H]4COCC[C@@H]4NC(C)=O)cc3c(N3CC(C)OC(C)C3)n2)c1Cl. The summed E-state index contributed by atoms with van der Waals surface area (Å²) in [5.74, 6) is 2.21. The highest BCUT2D eigenvalue weighted by atomic mass is 35.5. The first-order valence-corrected chi connectivity index (χ1v) is 14.4. The van der Waals surface area contributed by atoms with Crippen LogP contribution in [0.25, 0.3) is 22.0 Å². The fourth-order valence-electron chi connectivity index (χ4n) is 5.54. The van der Waals surface area contributed by atoms with Crippen molar-refractivity contribution in [2.75, 3.05) is 50.7 Å². The maximum absolute atomic E-state index is 11.8. The van der Waals surface area contributed by atoms with Gasteiger partial charge in [-0.1, -0.05) is 23.2 Å². The lowest BCUT2D eigenvalue weighted by atomic mass is 10.0. The summed E-state index contributed by atoms with van der Waals surface area (Å²) in [6.45, 7) is 8.00. The Kier molecular flexibility index (Phi) is 8.94. The van der Waals surface area contributed by atoms with Crippen molar-refractivity contribution >= 4 is 51.5 Å². The van der Waals surface area contributed by atoms with Crippen LogP contribution in [0.2, 0.25) is 10.0 Å². The predicted octanol–water partition coefficient (Wildman–Crippen LogP) is 4.94. The van der Waals surface area contributed by atoms with Crippen LogP contribution in [-0.4, -0.2) is 80.7 Å². The van der Waals surface area contributed by atoms with E-state index in [2.05, 4.69) is 29.4 Å². The maximum atomic E-state index is 11.8. The smallest absolute Gasteiger partial charge is 0.217 e. The quantitative estimate of drug-likeness (QED) is 0.388. The number of amides is 1. The van der Waals surface area contributed by atoms with Crippen molar-refractivity contribution in [2.24, 2.45) is 0 Å². The molecule has 10 nitrogen and oxygen atoms in total. The molecule has 4 heterocycles. The van der Waals surface area contributed by atoms with Gasteiger partial charge in [0.1, 0.15) is 23.1 Å². The highest BCUT2D eigenvalue weighted by Crippen LogP contribution is 2.46. The second-order valence-corrected chi connectivity index (χ2v) is 11.2. The largest absolute Gasteiger partial charge is 0.495 e. The molecule has 0 spiro atoms. The number of nitrogens with one attached hydrogen (secondary N) is 2. The average Bonchev–Trinajstić information content (AvgIpc) is 2.93. The van der Waals surface area contributed by atoms with Crippen molar-refractivity contribution in [3.8, 4) is 22.8 Å². The van der Waals surface area contributed by atoms with Gasteiger partial charge in [0.05, 0.1) is 60.9 Å². The van der Waals surface area contributed by atoms with Crippen molar-refractivity contribution in [1.29, 1.82) is 0 Å². The number of carbonyl (C=O) groups excluding carboxylic acids is 1. The molecule has 2 aliphatic heterocycles. The van der Waals surface area contributed by atoms with Gasteiger partial charge in [0.15, 0.2) is 0 Å². The van der Waals surface area contributed by atoms with E-state index in [-0.39, 0.29) is 30.2 Å². The van der Waals surface area contributed by atoms with Crippen LogP contribution in [0.5, 0.6) is 11.5 Å². The normalized spacial score (nSPS) is 22.9. The Morgan fingerprint density at radius 1 is 1.05 bits per heavy atom. The second-order valence-electron chi connectivity index (χ2n) is 10.5. The summed E-state index contributed by atoms with van der Waals surface area (Å²) in [6, 6.07) is 5.37. The molecule has 3 aromatic rings. The van der Waals surface area contributed by atoms with Gasteiger partial charge < -0.3 is 34.5 Å². The third-order valence-electron chi connectivity index (χ3n) is 7.32. The molecule has 5 rings (SSSR count). The first kappa shape index (κ1) is 29.4. The van der Waals surface area contributed by atoms with Crippen LogP contribution in [-0.2, 0) is 14.3 Å². The molecule has 1 aromatic carbocycles. The van der Waals surface area contributed by atoms with E-state index in [0.717, 1.165) is 23.0 Å². The Balaban J connectivity index is 1.63. The lowest BCUT2D eigenvalue weighted by Crippen LogP contribution is -2.51. The third kappa shape index (κ3) is 6.25. The molecule has 2 aliphatic rings. The summed E-state index contributed by atoms with van der Waals surface area (Å²) in [4.78, 5) is 23.8. The molecule has 1 amide bonds. The molecule has 0 saturated carbocycles. The maximum Gasteiger partial charge on any atom is 0.217 e. The molecule has 0 radical (unpaired) electrons. The minimum Gasteiger partial charge on any atom is -0.495 e. The highest BCUT2D eigenvalue weighted by Gasteiger charge is 2.29. The number of ether oxygens (including phenoxy) is 4. The Labute approximate surface area is 249 Å². The minimum absolute atomic E-state index is 0.0144. The lowest BCUT2D eigenvalue weighted by molar-refractivity contribution is -0.120. The van der Waals surface area contributed by atoms with Crippen LogP contribution in [0.1, 0.15) is 27.2 Å². The van der Waals surface area contributed by atoms with Gasteiger partial charge in [-0.25, -0.2) is 9.97 Å². The lowest BCUT2D eigenvalue weighted by Gasteiger charge is -2.37. The number of carbonyl (C=O) groups is 1. The zero-order valence-corrected chi connectivity index (χ0v) is 25.3. The van der Waals surface area contributed by atoms with Crippen molar-refractivity contribution in [1.82, 2.24) is 15.3 Å². The standard InChI is InChI=1S/C29H35Cl2N5O5/c1-15-12-36(13-16(2)41-15)29-19-9-25(34-22-14-40-7-6-20(22)33-17(3)37)32-11-18(19)8-21(35-29)26-27(30)23(38-4)10-24(39-5)28(26)31/h8-11,15-16,20,22H,6-7,12-14H2,1-5H3,(H,32,34)(H,33,37)/t15?,16?,20-,22+/m0/s1. The van der Waals surface area contributed by atoms with E-state index in [1.165, 1.54) is 6.92 Å². The first-order valence-electron chi connectivity index (χ1n) is 13.6. The zero-order valence-electron chi connectivity index (χ0n) is 23.8. The van der Waals surface area contributed by atoms with Crippen LogP contribution >= 0.6 is 23.2 Å². The van der Waals surface area contributed by atoms with Crippen molar-refractivity contribution in [2.45, 2.75) is 51.5 Å². The number of nitrogens with zero attached hydrogens (tertiary/aromatic N) is 3. The summed E-state index contributed by atoms with van der Waals surface area (Å²) < 4.78 is 22.7. The Morgan fingerprint density at radius 2 is 1.73 bits per heavy atom. The van der Waals surface area contributed by atoms with Crippen LogP contribution in [0.15, 0.2) is 24.4 Å². The van der Waals surface area contributed by atoms with E-state index in [1.54, 1.807) is 26.5 Å². The van der Waals surface area contributed by atoms with Gasteiger partial charge in [-0.3, -0.25) is 4.79 Å². The number of morpholine rings is 1. The van der Waals surface area contributed by atoms with Gasteiger partial charge in [-0.15, -0.1) is 0 Å². The van der Waals surface area contributed by atoms with Gasteiger partial charge in [-0.2, -0.15) is 0 Å². The Bertz CT molecular complexity index is 1400. The van der Waals surface area contributed by atoms with Gasteiger partial charge in [0.25, 0.3) is 0 Å². The van der Waals surface area contributed by atoms with E-state index in [0.29, 0.717) is 64.9 Å². The molecule has 4 atom stereocenters. The molecule has 0 bridgehead atoms. The molecule has 2 N–H and O–H groups in total. The number of hydrogen-bond donors (Lipinski definition) is 2. The summed E-state index contributed by atoms with van der Waals surface area (Å²) >= 11 is 13.6. The number of methoxy groups -OCH3 is 2. The summed E-state index contributed by atoms with van der Waals surface area (Å²) in [5, 5.41) is 8.94. The number of anilines is 2. The van der Waals surface area contributed by atoms with Gasteiger partial charge in [0, 0.05) is 55.2 Å². The van der Waals surface area contributed by atoms with Crippen LogP contribution < -0.4 is 25.0 Å². The molecule has 41 heavy (non-hydrogen) atoms. The number of rotatable bonds is 7. The van der Waals surface area contributed by atoms with Gasteiger partial charge in [0.2, 0.25) is 5.91 Å². The topological polar surface area (TPSA) is 107 Å². The van der Waals surface area contributed by atoms with E-state index in [4.69, 9.17) is 52.1 Å². The Hall–Kier alpha value is -3.05. The van der Waals surface area contributed by atoms with Gasteiger partial charge in [-0.05, 0) is 32.4 Å². The number of pyridine rings is 2. The Morgan fingerprint density at radius 3 is 2.37 bits per heavy atom. The van der Waals surface area contributed by atoms with Crippen LogP contribution in [0.3, 0.4) is 0 Å². The number of fused-ring (bicyclic) bond motifs is 1. The number of halogens is 2. The van der Waals surface area contributed by atoms with Crippen molar-refractivity contribution < 1.29 is 23.7 Å². The molecule has 0 aliphatic carbocycles. The van der Waals surface area contributed by atoms with E-state index >= 15 is 0 Å². The third-order valence-corrected chi connectivity index (χ3v) is 8.07. The molecular weight excluding hydrogens is 569 g/mol. The van der Waals surface area contributed by atoms with Crippen LogP contribution in [0, 0.1) is 0 Å². The van der Waals surface area contributed by atoms with E-state index in [9.17, 15) is 4.79 Å². The number of benzene rings is 1. The fourth-order valence-corrected chi connectivity index (χ4v) is 6.24. The van der Waals surface area contributed by atoms with E-state index < -0.39 is 0 Å². The van der Waals surface area contributed by atoms with E-state index in [1.807, 2.05) is 12.1 Å². The molecule has 2 saturated heterocycles. The van der Waals surface area contributed by atoms with Crippen molar-refractivity contribution in [3.05, 3.63) is 34.4 Å². The number of hydrogen-bond acceptors (Lipinski definition) is 9. The first-order chi connectivity index (χ1) is 19.7. The molecular formula is C29H35Cl2N5O5. The number of aromatic nitrogens is 2. The minimum atomic E-state index is -0.126. The van der Waals surface area contributed by atoms with Crippen molar-refractivity contribution in [3.63, 3.8) is 0 Å². The molecule has 2 fully saturated rings. The monoisotopic (exact) mass is 603 g/mol. The molecule has 2 unspecified atom stereocenters. The summed E-state index contributed by atoms with van der Waals surface area (Å²) in [7, 11) is 3.08. The highest BCUT2D eigenvalue weighted by molar-refractivity contribution is 6.41. The fraction of sp³-hybridized carbons (Fsp3) is 0.483. The van der Waals surface area contributed by atoms with Gasteiger partial charge >= 0.3 is 0 Å². The molecule has 12 heteroatoms. The van der Waals surface area contributed by atoms with Crippen LogP contribution in [0.4, 0.5) is 11.6 Å². The molecule has 220 valence electrons. The predicted molar refractivity (Wildman–Crippen MR) is 161 cm³/mol. The molecule has 2 aromatic heterocycles. The second kappa shape index (κ2) is 12.4. The summed E-state index contributed by atoms with van der Waals surface area (Å²) in [5.41, 5.74) is 1.09. The summed E-state index contributed by atoms with van der Waals surface area (Å²) in [6.07, 6.45) is 2.55. The zero-order chi connectivity index (χ0) is 29.3.